The summed E-state index contributed by atoms with van der Waals surface area (Å²) < 4.78 is 38.6. The summed E-state index contributed by atoms with van der Waals surface area (Å²) in [7, 11) is 1.81. The van der Waals surface area contributed by atoms with Gasteiger partial charge in [-0.25, -0.2) is 13.2 Å². The van der Waals surface area contributed by atoms with Gasteiger partial charge < -0.3 is 10.6 Å². The van der Waals surface area contributed by atoms with Gasteiger partial charge in [0.05, 0.1) is 6.04 Å². The van der Waals surface area contributed by atoms with Crippen molar-refractivity contribution in [3.63, 3.8) is 0 Å². The molecule has 0 heterocycles. The van der Waals surface area contributed by atoms with Crippen molar-refractivity contribution in [3.8, 4) is 0 Å². The van der Waals surface area contributed by atoms with Crippen LogP contribution in [-0.4, -0.2) is 13.6 Å². The molecule has 0 spiro atoms. The van der Waals surface area contributed by atoms with Gasteiger partial charge in [0, 0.05) is 24.8 Å². The number of nitrogens with zero attached hydrogens (tertiary/aromatic N) is 1. The first-order valence-corrected chi connectivity index (χ1v) is 6.59. The molecule has 2 rings (SSSR count). The summed E-state index contributed by atoms with van der Waals surface area (Å²) >= 11 is 0. The highest BCUT2D eigenvalue weighted by atomic mass is 19.3. The lowest BCUT2D eigenvalue weighted by atomic mass is 10.0. The van der Waals surface area contributed by atoms with Crippen molar-refractivity contribution < 1.29 is 13.2 Å². The molecule has 0 saturated carbocycles. The molecule has 0 fully saturated rings. The number of likely N-dealkylation sites (N-methyl/N-ethyl adjacent to an activating group) is 1. The van der Waals surface area contributed by atoms with Crippen LogP contribution in [0.5, 0.6) is 0 Å². The van der Waals surface area contributed by atoms with Gasteiger partial charge in [0.2, 0.25) is 0 Å². The van der Waals surface area contributed by atoms with E-state index in [4.69, 9.17) is 5.73 Å². The average Bonchev–Trinajstić information content (AvgIpc) is 2.49. The lowest BCUT2D eigenvalue weighted by Crippen LogP contribution is -2.30. The standard InChI is InChI=1S/C16H17F3N2/c1-21(14-7-5-13(17)6-8-14)15(10-20)11-3-2-4-12(9-11)16(18)19/h2-9,15-16H,10,20H2,1H3. The summed E-state index contributed by atoms with van der Waals surface area (Å²) in [6.45, 7) is 0.264. The van der Waals surface area contributed by atoms with Crippen LogP contribution in [0.3, 0.4) is 0 Å². The van der Waals surface area contributed by atoms with Crippen molar-refractivity contribution in [3.05, 3.63) is 65.5 Å². The number of rotatable bonds is 5. The molecule has 21 heavy (non-hydrogen) atoms. The molecule has 0 aromatic heterocycles. The molecule has 2 N–H and O–H groups in total. The Labute approximate surface area is 122 Å². The van der Waals surface area contributed by atoms with E-state index in [2.05, 4.69) is 0 Å². The van der Waals surface area contributed by atoms with Crippen LogP contribution in [0.2, 0.25) is 0 Å². The van der Waals surface area contributed by atoms with Gasteiger partial charge in [0.1, 0.15) is 5.82 Å². The average molecular weight is 294 g/mol. The molecule has 2 nitrogen and oxygen atoms in total. The van der Waals surface area contributed by atoms with E-state index in [1.165, 1.54) is 24.3 Å². The maximum absolute atomic E-state index is 13.0. The summed E-state index contributed by atoms with van der Waals surface area (Å²) in [5.41, 5.74) is 7.25. The van der Waals surface area contributed by atoms with E-state index in [9.17, 15) is 13.2 Å². The number of nitrogens with two attached hydrogens (primary N) is 1. The van der Waals surface area contributed by atoms with Crippen molar-refractivity contribution in [2.24, 2.45) is 5.73 Å². The first-order valence-electron chi connectivity index (χ1n) is 6.59. The van der Waals surface area contributed by atoms with E-state index in [1.54, 1.807) is 31.3 Å². The van der Waals surface area contributed by atoms with Crippen molar-refractivity contribution in [1.82, 2.24) is 0 Å². The third-order valence-electron chi connectivity index (χ3n) is 3.47. The van der Waals surface area contributed by atoms with Crippen molar-refractivity contribution in [2.75, 3.05) is 18.5 Å². The fourth-order valence-electron chi connectivity index (χ4n) is 2.28. The number of hydrogen-bond donors (Lipinski definition) is 1. The third kappa shape index (κ3) is 3.55. The van der Waals surface area contributed by atoms with E-state index in [0.717, 1.165) is 5.69 Å². The maximum atomic E-state index is 13.0. The van der Waals surface area contributed by atoms with Crippen molar-refractivity contribution >= 4 is 5.69 Å². The molecule has 0 aliphatic heterocycles. The Morgan fingerprint density at radius 2 is 1.67 bits per heavy atom. The van der Waals surface area contributed by atoms with Gasteiger partial charge in [-0.15, -0.1) is 0 Å². The van der Waals surface area contributed by atoms with Gasteiger partial charge >= 0.3 is 0 Å². The Bertz CT molecular complexity index is 584. The smallest absolute Gasteiger partial charge is 0.263 e. The fourth-order valence-corrected chi connectivity index (χ4v) is 2.28. The predicted molar refractivity (Wildman–Crippen MR) is 78.0 cm³/mol. The summed E-state index contributed by atoms with van der Waals surface area (Å²) in [4.78, 5) is 1.85. The summed E-state index contributed by atoms with van der Waals surface area (Å²) in [5.74, 6) is -0.323. The van der Waals surface area contributed by atoms with Crippen molar-refractivity contribution in [1.29, 1.82) is 0 Å². The number of benzene rings is 2. The normalized spacial score (nSPS) is 12.5. The van der Waals surface area contributed by atoms with E-state index < -0.39 is 6.43 Å². The molecule has 0 radical (unpaired) electrons. The lowest BCUT2D eigenvalue weighted by molar-refractivity contribution is 0.151. The molecule has 112 valence electrons. The molecule has 1 unspecified atom stereocenters. The summed E-state index contributed by atoms with van der Waals surface area (Å²) in [6, 6.07) is 11.9. The molecule has 0 aliphatic rings. The number of alkyl halides is 2. The Morgan fingerprint density at radius 1 is 1.05 bits per heavy atom. The molecular weight excluding hydrogens is 277 g/mol. The second-order valence-corrected chi connectivity index (χ2v) is 4.81. The topological polar surface area (TPSA) is 29.3 Å². The van der Waals surface area contributed by atoms with Gasteiger partial charge in [0.15, 0.2) is 0 Å². The summed E-state index contributed by atoms with van der Waals surface area (Å²) in [6.07, 6.45) is -2.51. The number of halogens is 3. The van der Waals surface area contributed by atoms with Crippen LogP contribution in [-0.2, 0) is 0 Å². The highest BCUT2D eigenvalue weighted by Gasteiger charge is 2.18. The largest absolute Gasteiger partial charge is 0.366 e. The first-order chi connectivity index (χ1) is 10.0. The minimum Gasteiger partial charge on any atom is -0.366 e. The van der Waals surface area contributed by atoms with Crippen LogP contribution >= 0.6 is 0 Å². The molecule has 5 heteroatoms. The molecular formula is C16H17F3N2. The van der Waals surface area contributed by atoms with Crippen LogP contribution in [0.25, 0.3) is 0 Å². The Morgan fingerprint density at radius 3 is 2.24 bits per heavy atom. The SMILES string of the molecule is CN(c1ccc(F)cc1)C(CN)c1cccc(C(F)F)c1. The lowest BCUT2D eigenvalue weighted by Gasteiger charge is -2.29. The fraction of sp³-hybridized carbons (Fsp3) is 0.250. The van der Waals surface area contributed by atoms with E-state index in [0.29, 0.717) is 5.56 Å². The second-order valence-electron chi connectivity index (χ2n) is 4.81. The molecule has 2 aromatic rings. The highest BCUT2D eigenvalue weighted by molar-refractivity contribution is 5.48. The van der Waals surface area contributed by atoms with Crippen LogP contribution in [0.1, 0.15) is 23.6 Å². The zero-order chi connectivity index (χ0) is 15.4. The van der Waals surface area contributed by atoms with Gasteiger partial charge in [-0.2, -0.15) is 0 Å². The third-order valence-corrected chi connectivity index (χ3v) is 3.47. The van der Waals surface area contributed by atoms with Crippen LogP contribution in [0.15, 0.2) is 48.5 Å². The van der Waals surface area contributed by atoms with Crippen LogP contribution < -0.4 is 10.6 Å². The zero-order valence-electron chi connectivity index (χ0n) is 11.6. The van der Waals surface area contributed by atoms with Gasteiger partial charge in [-0.3, -0.25) is 0 Å². The van der Waals surface area contributed by atoms with Crippen LogP contribution in [0, 0.1) is 5.82 Å². The van der Waals surface area contributed by atoms with E-state index >= 15 is 0 Å². The van der Waals surface area contributed by atoms with E-state index in [-0.39, 0.29) is 24.0 Å². The van der Waals surface area contributed by atoms with Gasteiger partial charge in [-0.1, -0.05) is 18.2 Å². The zero-order valence-corrected chi connectivity index (χ0v) is 11.6. The van der Waals surface area contributed by atoms with E-state index in [1.807, 2.05) is 4.90 Å². The number of anilines is 1. The molecule has 0 saturated heterocycles. The van der Waals surface area contributed by atoms with Gasteiger partial charge in [-0.05, 0) is 35.9 Å². The molecule has 2 aromatic carbocycles. The molecule has 0 bridgehead atoms. The summed E-state index contributed by atoms with van der Waals surface area (Å²) in [5, 5.41) is 0. The Kier molecular flexibility index (Phi) is 4.85. The monoisotopic (exact) mass is 294 g/mol. The minimum absolute atomic E-state index is 0.0292. The number of hydrogen-bond acceptors (Lipinski definition) is 2. The Hall–Kier alpha value is -2.01. The second kappa shape index (κ2) is 6.63. The Balaban J connectivity index is 2.30. The maximum Gasteiger partial charge on any atom is 0.263 e. The first kappa shape index (κ1) is 15.4. The predicted octanol–water partition coefficient (Wildman–Crippen LogP) is 3.90. The van der Waals surface area contributed by atoms with Crippen LogP contribution in [0.4, 0.5) is 18.9 Å². The molecule has 0 aliphatic carbocycles. The molecule has 1 atom stereocenters. The minimum atomic E-state index is -2.51. The highest BCUT2D eigenvalue weighted by Crippen LogP contribution is 2.28. The molecule has 0 amide bonds. The van der Waals surface area contributed by atoms with Gasteiger partial charge in [0.25, 0.3) is 6.43 Å². The van der Waals surface area contributed by atoms with Crippen molar-refractivity contribution in [2.45, 2.75) is 12.5 Å². The quantitative estimate of drug-likeness (QED) is 0.906.